The Labute approximate surface area is 192 Å². The van der Waals surface area contributed by atoms with Crippen molar-refractivity contribution in [3.63, 3.8) is 0 Å². The van der Waals surface area contributed by atoms with E-state index in [-0.39, 0.29) is 36.5 Å². The first-order valence-electron chi connectivity index (χ1n) is 10.5. The van der Waals surface area contributed by atoms with Crippen molar-refractivity contribution in [1.29, 1.82) is 0 Å². The van der Waals surface area contributed by atoms with E-state index in [1.165, 1.54) is 18.3 Å². The molecule has 0 saturated heterocycles. The number of amides is 1. The summed E-state index contributed by atoms with van der Waals surface area (Å²) in [6, 6.07) is 3.27. The summed E-state index contributed by atoms with van der Waals surface area (Å²) in [4.78, 5) is 37.1. The Morgan fingerprint density at radius 2 is 2.03 bits per heavy atom. The zero-order chi connectivity index (χ0) is 24.6. The van der Waals surface area contributed by atoms with Gasteiger partial charge in [0.05, 0.1) is 25.5 Å². The van der Waals surface area contributed by atoms with E-state index in [9.17, 15) is 14.8 Å². The number of aliphatic hydroxyl groups excluding tert-OH is 1. The smallest absolute Gasteiger partial charge is 0.429 e. The number of hydrogen-bond acceptors (Lipinski definition) is 11. The molecule has 12 heteroatoms. The van der Waals surface area contributed by atoms with Crippen LogP contribution in [0.25, 0.3) is 0 Å². The average Bonchev–Trinajstić information content (AvgIpc) is 2.76. The molecule has 0 atom stereocenters. The third-order valence-corrected chi connectivity index (χ3v) is 4.33. The fourth-order valence-electron chi connectivity index (χ4n) is 2.69. The molecule has 0 aliphatic carbocycles. The molecule has 0 aromatic carbocycles. The average molecular weight is 462 g/mol. The number of nitroso groups, excluding NO2 is 1. The second kappa shape index (κ2) is 11.4. The van der Waals surface area contributed by atoms with Crippen LogP contribution in [0.4, 0.5) is 22.1 Å². The summed E-state index contributed by atoms with van der Waals surface area (Å²) in [5, 5.41) is 14.9. The van der Waals surface area contributed by atoms with Crippen molar-refractivity contribution >= 4 is 23.4 Å². The highest BCUT2D eigenvalue weighted by atomic mass is 16.6. The second-order valence-electron chi connectivity index (χ2n) is 8.23. The zero-order valence-corrected chi connectivity index (χ0v) is 19.6. The number of anilines is 2. The van der Waals surface area contributed by atoms with Crippen LogP contribution in [0.1, 0.15) is 51.8 Å². The molecule has 0 aliphatic heterocycles. The van der Waals surface area contributed by atoms with Gasteiger partial charge >= 0.3 is 12.1 Å². The monoisotopic (exact) mass is 461 g/mol. The van der Waals surface area contributed by atoms with Gasteiger partial charge in [0.25, 0.3) is 0 Å². The number of nitrogen functional groups attached to an aromatic ring is 1. The van der Waals surface area contributed by atoms with E-state index in [0.717, 1.165) is 17.9 Å². The largest absolute Gasteiger partial charge is 0.463 e. The third-order valence-electron chi connectivity index (χ3n) is 4.33. The number of hydrazine groups is 1. The fourth-order valence-corrected chi connectivity index (χ4v) is 2.69. The van der Waals surface area contributed by atoms with E-state index in [2.05, 4.69) is 20.1 Å². The molecule has 180 valence electrons. The number of pyridine rings is 1. The number of carbonyl (C=O) groups excluding carboxylic acids is 1. The van der Waals surface area contributed by atoms with Crippen LogP contribution in [-0.2, 0) is 17.9 Å². The van der Waals surface area contributed by atoms with E-state index in [1.807, 2.05) is 6.92 Å². The topological polar surface area (TPSA) is 156 Å². The number of hydrogen-bond donors (Lipinski definition) is 2. The van der Waals surface area contributed by atoms with Gasteiger partial charge in [-0.25, -0.2) is 9.80 Å². The maximum Gasteiger partial charge on any atom is 0.429 e. The minimum absolute atomic E-state index is 0.0169. The van der Waals surface area contributed by atoms with Gasteiger partial charge in [0.1, 0.15) is 5.60 Å². The minimum Gasteiger partial charge on any atom is -0.463 e. The van der Waals surface area contributed by atoms with Gasteiger partial charge in [0.2, 0.25) is 0 Å². The van der Waals surface area contributed by atoms with Crippen LogP contribution in [0.3, 0.4) is 0 Å². The highest BCUT2D eigenvalue weighted by molar-refractivity contribution is 5.77. The molecule has 0 fully saturated rings. The Hall–Kier alpha value is -3.54. The summed E-state index contributed by atoms with van der Waals surface area (Å²) in [6.07, 6.45) is 2.49. The van der Waals surface area contributed by atoms with Gasteiger partial charge < -0.3 is 20.3 Å². The summed E-state index contributed by atoms with van der Waals surface area (Å²) in [7, 11) is 1.45. The predicted molar refractivity (Wildman–Crippen MR) is 123 cm³/mol. The Balaban J connectivity index is 2.55. The molecule has 1 amide bonds. The molecule has 0 aliphatic rings. The number of unbranched alkanes of at least 4 members (excludes halogenated alkanes) is 1. The molecule has 2 rings (SSSR count). The summed E-state index contributed by atoms with van der Waals surface area (Å²) in [5.74, 6) is -0.241. The maximum absolute atomic E-state index is 12.9. The quantitative estimate of drug-likeness (QED) is 0.305. The Morgan fingerprint density at radius 3 is 2.64 bits per heavy atom. The SMILES string of the molecule is CCCCOc1nc(N)c(N=O)c(N(Cc2cc(CO)ccn2)N(C)C(=O)OC(C)(C)C)n1. The maximum atomic E-state index is 12.9. The summed E-state index contributed by atoms with van der Waals surface area (Å²) >= 11 is 0. The van der Waals surface area contributed by atoms with E-state index < -0.39 is 11.7 Å². The Kier molecular flexibility index (Phi) is 8.85. The number of rotatable bonds is 10. The second-order valence-corrected chi connectivity index (χ2v) is 8.23. The van der Waals surface area contributed by atoms with Crippen LogP contribution in [0.15, 0.2) is 23.5 Å². The highest BCUT2D eigenvalue weighted by Gasteiger charge is 2.29. The first-order valence-corrected chi connectivity index (χ1v) is 10.5. The molecular weight excluding hydrogens is 430 g/mol. The molecule has 2 heterocycles. The summed E-state index contributed by atoms with van der Waals surface area (Å²) in [6.45, 7) is 7.35. The molecule has 2 aromatic rings. The van der Waals surface area contributed by atoms with Crippen LogP contribution in [0.5, 0.6) is 6.01 Å². The normalized spacial score (nSPS) is 11.1. The fraction of sp³-hybridized carbons (Fsp3) is 0.524. The van der Waals surface area contributed by atoms with Gasteiger partial charge in [0.15, 0.2) is 17.3 Å². The molecule has 0 spiro atoms. The third kappa shape index (κ3) is 7.24. The van der Waals surface area contributed by atoms with Crippen molar-refractivity contribution < 1.29 is 19.4 Å². The van der Waals surface area contributed by atoms with E-state index >= 15 is 0 Å². The van der Waals surface area contributed by atoms with Gasteiger partial charge in [-0.2, -0.15) is 9.97 Å². The molecule has 3 N–H and O–H groups in total. The standard InChI is InChI=1S/C21H31N7O5/c1-6-7-10-32-19-24-17(22)16(26-31)18(25-19)28(27(5)20(30)33-21(2,3)4)12-15-11-14(13-29)8-9-23-15/h8-9,11,29H,6-7,10,12-13H2,1-5H3,(H2,22,24,25). The minimum atomic E-state index is -0.767. The van der Waals surface area contributed by atoms with Crippen molar-refractivity contribution in [1.82, 2.24) is 20.0 Å². The van der Waals surface area contributed by atoms with Crippen LogP contribution in [-0.4, -0.2) is 50.4 Å². The van der Waals surface area contributed by atoms with E-state index in [1.54, 1.807) is 32.9 Å². The van der Waals surface area contributed by atoms with Crippen molar-refractivity contribution in [2.24, 2.45) is 5.18 Å². The van der Waals surface area contributed by atoms with Crippen LogP contribution in [0, 0.1) is 4.91 Å². The van der Waals surface area contributed by atoms with Crippen LogP contribution < -0.4 is 15.5 Å². The number of ether oxygens (including phenoxy) is 2. The molecular formula is C21H31N7O5. The van der Waals surface area contributed by atoms with Gasteiger partial charge in [-0.1, -0.05) is 13.3 Å². The zero-order valence-electron chi connectivity index (χ0n) is 19.6. The number of aliphatic hydroxyl groups is 1. The van der Waals surface area contributed by atoms with Crippen LogP contribution in [0.2, 0.25) is 0 Å². The molecule has 0 radical (unpaired) electrons. The Morgan fingerprint density at radius 1 is 1.30 bits per heavy atom. The van der Waals surface area contributed by atoms with Crippen molar-refractivity contribution in [3.8, 4) is 6.01 Å². The molecule has 0 bridgehead atoms. The van der Waals surface area contributed by atoms with Crippen molar-refractivity contribution in [3.05, 3.63) is 34.5 Å². The number of aromatic nitrogens is 3. The number of nitrogens with zero attached hydrogens (tertiary/aromatic N) is 6. The summed E-state index contributed by atoms with van der Waals surface area (Å²) < 4.78 is 11.0. The van der Waals surface area contributed by atoms with Gasteiger partial charge in [-0.3, -0.25) is 9.99 Å². The first kappa shape index (κ1) is 25.7. The lowest BCUT2D eigenvalue weighted by Crippen LogP contribution is -2.46. The van der Waals surface area contributed by atoms with Gasteiger partial charge in [0, 0.05) is 13.2 Å². The Bertz CT molecular complexity index is 965. The van der Waals surface area contributed by atoms with E-state index in [0.29, 0.717) is 17.9 Å². The lowest BCUT2D eigenvalue weighted by Gasteiger charge is -2.34. The summed E-state index contributed by atoms with van der Waals surface area (Å²) in [5.41, 5.74) is 6.04. The van der Waals surface area contributed by atoms with Crippen molar-refractivity contribution in [2.45, 2.75) is 59.3 Å². The lowest BCUT2D eigenvalue weighted by molar-refractivity contribution is 0.0271. The first-order chi connectivity index (χ1) is 15.6. The van der Waals surface area contributed by atoms with Gasteiger partial charge in [-0.05, 0) is 50.1 Å². The highest BCUT2D eigenvalue weighted by Crippen LogP contribution is 2.35. The number of carbonyl (C=O) groups is 1. The molecule has 0 saturated carbocycles. The van der Waals surface area contributed by atoms with Gasteiger partial charge in [-0.15, -0.1) is 4.91 Å². The molecule has 2 aromatic heterocycles. The molecule has 12 nitrogen and oxygen atoms in total. The predicted octanol–water partition coefficient (Wildman–Crippen LogP) is 3.31. The van der Waals surface area contributed by atoms with Crippen molar-refractivity contribution in [2.75, 3.05) is 24.4 Å². The van der Waals surface area contributed by atoms with E-state index in [4.69, 9.17) is 15.2 Å². The van der Waals surface area contributed by atoms with Crippen LogP contribution >= 0.6 is 0 Å². The lowest BCUT2D eigenvalue weighted by atomic mass is 10.2. The number of nitrogens with two attached hydrogens (primary N) is 1. The molecule has 33 heavy (non-hydrogen) atoms. The molecule has 0 unspecified atom stereocenters.